The quantitative estimate of drug-likeness (QED) is 0.363. The number of hydrogen-bond acceptors (Lipinski definition) is 4. The Kier molecular flexibility index (Phi) is 4.17. The molecule has 2 heterocycles. The van der Waals surface area contributed by atoms with Crippen LogP contribution in [0.3, 0.4) is 0 Å². The summed E-state index contributed by atoms with van der Waals surface area (Å²) < 4.78 is 0. The van der Waals surface area contributed by atoms with Crippen LogP contribution in [0.2, 0.25) is 0 Å². The summed E-state index contributed by atoms with van der Waals surface area (Å²) in [6.07, 6.45) is 1.65. The minimum Gasteiger partial charge on any atom is -0.308 e. The molecule has 1 aromatic heterocycles. The maximum absolute atomic E-state index is 12.8. The average molecular weight is 320 g/mol. The van der Waals surface area contributed by atoms with Crippen LogP contribution < -0.4 is 4.98 Å². The van der Waals surface area contributed by atoms with Gasteiger partial charge in [-0.05, 0) is 0 Å². The number of rotatable bonds is 4. The highest BCUT2D eigenvalue weighted by atomic mass is 16.2. The van der Waals surface area contributed by atoms with Gasteiger partial charge >= 0.3 is 0 Å². The number of ketones is 2. The van der Waals surface area contributed by atoms with Crippen LogP contribution in [0.5, 0.6) is 0 Å². The van der Waals surface area contributed by atoms with Gasteiger partial charge in [-0.15, -0.1) is 0 Å². The van der Waals surface area contributed by atoms with Gasteiger partial charge in [0.1, 0.15) is 18.5 Å². The predicted octanol–water partition coefficient (Wildman–Crippen LogP) is 0.976. The molecule has 2 atom stereocenters. The molecule has 1 fully saturated rings. The number of hydrogen-bond donors (Lipinski definition) is 0. The highest BCUT2D eigenvalue weighted by Gasteiger charge is 2.53. The molecule has 2 aromatic rings. The number of carbonyl (C=O) groups is 3. The Morgan fingerprint density at radius 2 is 1.83 bits per heavy atom. The molecule has 0 bridgehead atoms. The van der Waals surface area contributed by atoms with Crippen LogP contribution in [0.1, 0.15) is 22.1 Å². The van der Waals surface area contributed by atoms with Gasteiger partial charge in [0.15, 0.2) is 12.0 Å². The first-order valence-corrected chi connectivity index (χ1v) is 7.42. The fraction of sp³-hybridized carbons (Fsp3) is 0.167. The zero-order valence-electron chi connectivity index (χ0n) is 12.7. The van der Waals surface area contributed by atoms with E-state index in [1.54, 1.807) is 54.7 Å². The Hall–Kier alpha value is -3.33. The van der Waals surface area contributed by atoms with Crippen LogP contribution in [0.4, 0.5) is 0 Å². The van der Waals surface area contributed by atoms with Crippen LogP contribution in [0.25, 0.3) is 0 Å². The number of nitrogens with one attached hydrogen (secondary N) is 1. The minimum absolute atomic E-state index is 0.253. The molecule has 0 spiro atoms. The average Bonchev–Trinajstić information content (AvgIpc) is 2.88. The van der Waals surface area contributed by atoms with E-state index in [9.17, 15) is 14.4 Å². The van der Waals surface area contributed by atoms with Gasteiger partial charge < -0.3 is 4.90 Å². The van der Waals surface area contributed by atoms with Crippen LogP contribution in [0.15, 0.2) is 54.7 Å². The molecule has 3 rings (SSSR count). The molecule has 2 unspecified atom stereocenters. The number of carbonyl (C=O) groups excluding carboxylic acids is 3. The molecule has 6 nitrogen and oxygen atoms in total. The van der Waals surface area contributed by atoms with E-state index in [-0.39, 0.29) is 6.54 Å². The second-order valence-corrected chi connectivity index (χ2v) is 5.43. The molecule has 1 saturated heterocycles. The van der Waals surface area contributed by atoms with E-state index in [0.717, 1.165) is 4.90 Å². The molecule has 118 valence electrons. The SMILES string of the molecule is N#CCN1C(=O)C(=O)C(C(=O)c2ccccc2)C1c1cccc[nH+]1. The first-order chi connectivity index (χ1) is 11.6. The fourth-order valence-corrected chi connectivity index (χ4v) is 2.95. The van der Waals surface area contributed by atoms with Gasteiger partial charge in [0.05, 0.1) is 6.07 Å². The standard InChI is InChI=1S/C18H13N3O3/c19-9-11-21-15(13-8-4-5-10-20-13)14(17(23)18(21)24)16(22)12-6-2-1-3-7-12/h1-8,10,14-15H,11H2/p+1. The second-order valence-electron chi connectivity index (χ2n) is 5.43. The van der Waals surface area contributed by atoms with Gasteiger partial charge in [0, 0.05) is 17.7 Å². The van der Waals surface area contributed by atoms with Crippen molar-refractivity contribution in [1.29, 1.82) is 5.26 Å². The highest BCUT2D eigenvalue weighted by Crippen LogP contribution is 2.36. The van der Waals surface area contributed by atoms with E-state index in [2.05, 4.69) is 4.98 Å². The van der Waals surface area contributed by atoms with Gasteiger partial charge in [0.2, 0.25) is 11.5 Å². The molecule has 1 aromatic carbocycles. The number of benzene rings is 1. The van der Waals surface area contributed by atoms with Crippen LogP contribution in [-0.2, 0) is 9.59 Å². The number of nitrogens with zero attached hydrogens (tertiary/aromatic N) is 2. The van der Waals surface area contributed by atoms with E-state index in [0.29, 0.717) is 11.3 Å². The summed E-state index contributed by atoms with van der Waals surface area (Å²) in [7, 11) is 0. The molecule has 1 aliphatic rings. The number of H-pyrrole nitrogens is 1. The van der Waals surface area contributed by atoms with Gasteiger partial charge in [-0.3, -0.25) is 14.4 Å². The molecule has 6 heteroatoms. The number of Topliss-reactive ketones (excluding diaryl/α,β-unsaturated/α-hetero) is 2. The van der Waals surface area contributed by atoms with Crippen molar-refractivity contribution in [2.45, 2.75) is 6.04 Å². The second kappa shape index (κ2) is 6.42. The van der Waals surface area contributed by atoms with Gasteiger partial charge in [-0.2, -0.15) is 5.26 Å². The first kappa shape index (κ1) is 15.6. The lowest BCUT2D eigenvalue weighted by atomic mass is 9.88. The molecule has 24 heavy (non-hydrogen) atoms. The molecular weight excluding hydrogens is 306 g/mol. The van der Waals surface area contributed by atoms with Crippen LogP contribution in [0, 0.1) is 17.2 Å². The number of aromatic nitrogens is 1. The normalized spacial score (nSPS) is 20.0. The summed E-state index contributed by atoms with van der Waals surface area (Å²) in [5.41, 5.74) is 0.907. The van der Waals surface area contributed by atoms with Crippen LogP contribution >= 0.6 is 0 Å². The predicted molar refractivity (Wildman–Crippen MR) is 82.3 cm³/mol. The topological polar surface area (TPSA) is 92.4 Å². The molecule has 0 radical (unpaired) electrons. The molecule has 1 N–H and O–H groups in total. The molecule has 1 amide bonds. The third-order valence-corrected chi connectivity index (χ3v) is 4.04. The van der Waals surface area contributed by atoms with Crippen molar-refractivity contribution in [3.63, 3.8) is 0 Å². The smallest absolute Gasteiger partial charge is 0.292 e. The first-order valence-electron chi connectivity index (χ1n) is 7.42. The maximum Gasteiger partial charge on any atom is 0.292 e. The van der Waals surface area contributed by atoms with Crippen LogP contribution in [-0.4, -0.2) is 28.9 Å². The third-order valence-electron chi connectivity index (χ3n) is 4.04. The lowest BCUT2D eigenvalue weighted by Gasteiger charge is -2.21. The Morgan fingerprint density at radius 3 is 2.46 bits per heavy atom. The summed E-state index contributed by atoms with van der Waals surface area (Å²) in [5, 5.41) is 8.99. The molecule has 0 saturated carbocycles. The third kappa shape index (κ3) is 2.57. The lowest BCUT2D eigenvalue weighted by Crippen LogP contribution is -2.34. The maximum atomic E-state index is 12.8. The number of amides is 1. The molecule has 0 aliphatic carbocycles. The number of pyridine rings is 1. The van der Waals surface area contributed by atoms with Crippen molar-refractivity contribution in [3.8, 4) is 6.07 Å². The van der Waals surface area contributed by atoms with Crippen molar-refractivity contribution in [2.24, 2.45) is 5.92 Å². The largest absolute Gasteiger partial charge is 0.308 e. The minimum atomic E-state index is -1.16. The van der Waals surface area contributed by atoms with E-state index in [1.807, 2.05) is 6.07 Å². The molecular formula is C18H14N3O3+. The summed E-state index contributed by atoms with van der Waals surface area (Å²) in [6, 6.07) is 14.7. The van der Waals surface area contributed by atoms with Gasteiger partial charge in [-0.1, -0.05) is 36.4 Å². The van der Waals surface area contributed by atoms with E-state index >= 15 is 0 Å². The zero-order chi connectivity index (χ0) is 17.1. The fourth-order valence-electron chi connectivity index (χ4n) is 2.95. The Morgan fingerprint density at radius 1 is 1.12 bits per heavy atom. The van der Waals surface area contributed by atoms with E-state index in [4.69, 9.17) is 5.26 Å². The van der Waals surface area contributed by atoms with E-state index in [1.165, 1.54) is 0 Å². The van der Waals surface area contributed by atoms with Crippen molar-refractivity contribution >= 4 is 17.5 Å². The monoisotopic (exact) mass is 320 g/mol. The number of likely N-dealkylation sites (tertiary alicyclic amines) is 1. The highest BCUT2D eigenvalue weighted by molar-refractivity contribution is 6.44. The summed E-state index contributed by atoms with van der Waals surface area (Å²) in [4.78, 5) is 41.7. The Labute approximate surface area is 138 Å². The number of nitriles is 1. The molecule has 1 aliphatic heterocycles. The lowest BCUT2D eigenvalue weighted by molar-refractivity contribution is -0.396. The van der Waals surface area contributed by atoms with Crippen molar-refractivity contribution < 1.29 is 19.4 Å². The summed E-state index contributed by atoms with van der Waals surface area (Å²) in [5.74, 6) is -3.15. The van der Waals surface area contributed by atoms with Crippen molar-refractivity contribution in [3.05, 3.63) is 66.0 Å². The number of aromatic amines is 1. The Balaban J connectivity index is 2.08. The van der Waals surface area contributed by atoms with E-state index < -0.39 is 29.4 Å². The van der Waals surface area contributed by atoms with Gasteiger partial charge in [0.25, 0.3) is 5.91 Å². The van der Waals surface area contributed by atoms with Crippen molar-refractivity contribution in [1.82, 2.24) is 4.90 Å². The van der Waals surface area contributed by atoms with Gasteiger partial charge in [-0.25, -0.2) is 4.98 Å². The van der Waals surface area contributed by atoms with Crippen molar-refractivity contribution in [2.75, 3.05) is 6.54 Å². The summed E-state index contributed by atoms with van der Waals surface area (Å²) in [6.45, 7) is -0.253. The zero-order valence-corrected chi connectivity index (χ0v) is 12.7. The Bertz CT molecular complexity index is 828. The summed E-state index contributed by atoms with van der Waals surface area (Å²) >= 11 is 0.